The molecule has 0 saturated heterocycles. The fourth-order valence-corrected chi connectivity index (χ4v) is 9.28. The maximum atomic E-state index is 14.0. The number of carbonyl (C=O) groups excluding carboxylic acids is 4. The highest BCUT2D eigenvalue weighted by atomic mass is 16.5. The largest absolute Gasteiger partial charge is 0.469 e. The number of hydrogen-bond donors (Lipinski definition) is 1. The van der Waals surface area contributed by atoms with Gasteiger partial charge in [0.2, 0.25) is 0 Å². The van der Waals surface area contributed by atoms with Crippen molar-refractivity contribution in [1.82, 2.24) is 0 Å². The van der Waals surface area contributed by atoms with Crippen molar-refractivity contribution in [3.05, 3.63) is 0 Å². The third kappa shape index (κ3) is 3.16. The van der Waals surface area contributed by atoms with Gasteiger partial charge in [-0.1, -0.05) is 41.5 Å². The van der Waals surface area contributed by atoms with Crippen molar-refractivity contribution in [2.75, 3.05) is 7.11 Å². The van der Waals surface area contributed by atoms with Gasteiger partial charge in [0.15, 0.2) is 0 Å². The van der Waals surface area contributed by atoms with E-state index in [1.165, 1.54) is 7.11 Å². The van der Waals surface area contributed by atoms with Crippen LogP contribution in [0.4, 0.5) is 0 Å². The highest BCUT2D eigenvalue weighted by Gasteiger charge is 2.74. The molecule has 0 aromatic carbocycles. The molecule has 0 amide bonds. The van der Waals surface area contributed by atoms with Gasteiger partial charge >= 0.3 is 5.97 Å². The van der Waals surface area contributed by atoms with Crippen molar-refractivity contribution in [1.29, 1.82) is 0 Å². The van der Waals surface area contributed by atoms with Gasteiger partial charge in [0.25, 0.3) is 0 Å². The molecule has 9 atom stereocenters. The summed E-state index contributed by atoms with van der Waals surface area (Å²) in [6.07, 6.45) is 2.47. The SMILES string of the molecule is COC(=O)CCC(C)C1CC(O)C2(C)C3C(=O)CC4C(C)(C)C(=O)CCC4(C)C3C(=O)CC12C. The second-order valence-corrected chi connectivity index (χ2v) is 13.1. The summed E-state index contributed by atoms with van der Waals surface area (Å²) in [5, 5.41) is 11.6. The Morgan fingerprint density at radius 1 is 1.09 bits per heavy atom. The van der Waals surface area contributed by atoms with Crippen molar-refractivity contribution in [3.8, 4) is 0 Å². The van der Waals surface area contributed by atoms with Crippen LogP contribution in [-0.4, -0.2) is 41.6 Å². The summed E-state index contributed by atoms with van der Waals surface area (Å²) in [6.45, 7) is 12.2. The summed E-state index contributed by atoms with van der Waals surface area (Å²) in [5.41, 5.74) is -2.30. The second kappa shape index (κ2) is 7.97. The summed E-state index contributed by atoms with van der Waals surface area (Å²) in [5.74, 6) is -0.910. The number of esters is 1. The fourth-order valence-electron chi connectivity index (χ4n) is 9.28. The second-order valence-electron chi connectivity index (χ2n) is 13.1. The first-order chi connectivity index (χ1) is 15.7. The van der Waals surface area contributed by atoms with Gasteiger partial charge in [-0.2, -0.15) is 0 Å². The Labute approximate surface area is 203 Å². The number of rotatable bonds is 4. The number of methoxy groups -OCH3 is 1. The third-order valence-corrected chi connectivity index (χ3v) is 11.5. The van der Waals surface area contributed by atoms with Crippen LogP contribution >= 0.6 is 0 Å². The van der Waals surface area contributed by atoms with Crippen LogP contribution in [0.2, 0.25) is 0 Å². The molecule has 4 saturated carbocycles. The number of aliphatic hydroxyl groups excluding tert-OH is 1. The molecule has 6 nitrogen and oxygen atoms in total. The molecule has 1 N–H and O–H groups in total. The lowest BCUT2D eigenvalue weighted by molar-refractivity contribution is -0.199. The number of Topliss-reactive ketones (excluding diaryl/α,β-unsaturated/α-hetero) is 3. The average Bonchev–Trinajstić information content (AvgIpc) is 2.97. The van der Waals surface area contributed by atoms with Crippen LogP contribution in [0, 0.1) is 51.2 Å². The zero-order valence-corrected chi connectivity index (χ0v) is 21.9. The monoisotopic (exact) mass is 474 g/mol. The smallest absolute Gasteiger partial charge is 0.305 e. The first-order valence-corrected chi connectivity index (χ1v) is 13.0. The summed E-state index contributed by atoms with van der Waals surface area (Å²) in [7, 11) is 1.38. The standard InChI is InChI=1S/C28H42O6/c1-15(8-9-22(33)34-7)16-12-21(32)28(6)24-17(29)13-19-25(2,3)20(31)10-11-26(19,4)23(24)18(30)14-27(16,28)5/h15-16,19,21,23-24,32H,8-14H2,1-7H3. The van der Waals surface area contributed by atoms with E-state index < -0.39 is 39.6 Å². The van der Waals surface area contributed by atoms with E-state index in [0.29, 0.717) is 44.9 Å². The highest BCUT2D eigenvalue weighted by molar-refractivity contribution is 5.96. The van der Waals surface area contributed by atoms with Crippen molar-refractivity contribution in [2.24, 2.45) is 51.2 Å². The molecule has 9 unspecified atom stereocenters. The molecule has 0 spiro atoms. The van der Waals surface area contributed by atoms with Gasteiger partial charge in [-0.3, -0.25) is 19.2 Å². The molecule has 0 aromatic rings. The lowest BCUT2D eigenvalue weighted by Gasteiger charge is -2.65. The van der Waals surface area contributed by atoms with Gasteiger partial charge in [0, 0.05) is 48.3 Å². The average molecular weight is 475 g/mol. The van der Waals surface area contributed by atoms with E-state index in [0.717, 1.165) is 0 Å². The summed E-state index contributed by atoms with van der Waals surface area (Å²) in [4.78, 5) is 52.5. The Morgan fingerprint density at radius 2 is 1.74 bits per heavy atom. The number of aliphatic hydroxyl groups is 1. The van der Waals surface area contributed by atoms with Gasteiger partial charge in [-0.05, 0) is 47.8 Å². The zero-order valence-electron chi connectivity index (χ0n) is 21.9. The van der Waals surface area contributed by atoms with Crippen molar-refractivity contribution >= 4 is 23.3 Å². The molecule has 6 heteroatoms. The summed E-state index contributed by atoms with van der Waals surface area (Å²) >= 11 is 0. The van der Waals surface area contributed by atoms with Crippen LogP contribution in [0.25, 0.3) is 0 Å². The van der Waals surface area contributed by atoms with E-state index >= 15 is 0 Å². The molecule has 0 aromatic heterocycles. The first-order valence-electron chi connectivity index (χ1n) is 13.0. The van der Waals surface area contributed by atoms with Crippen LogP contribution in [0.1, 0.15) is 86.5 Å². The van der Waals surface area contributed by atoms with Crippen molar-refractivity contribution in [2.45, 2.75) is 92.6 Å². The third-order valence-electron chi connectivity index (χ3n) is 11.5. The number of ketones is 3. The quantitative estimate of drug-likeness (QED) is 0.615. The van der Waals surface area contributed by atoms with Crippen LogP contribution < -0.4 is 0 Å². The van der Waals surface area contributed by atoms with Gasteiger partial charge in [-0.25, -0.2) is 0 Å². The van der Waals surface area contributed by atoms with E-state index in [1.807, 2.05) is 20.8 Å². The summed E-state index contributed by atoms with van der Waals surface area (Å²) in [6, 6.07) is 0. The Bertz CT molecular complexity index is 922. The highest BCUT2D eigenvalue weighted by Crippen LogP contribution is 2.73. The van der Waals surface area contributed by atoms with E-state index in [-0.39, 0.29) is 41.1 Å². The van der Waals surface area contributed by atoms with Crippen LogP contribution in [0.15, 0.2) is 0 Å². The van der Waals surface area contributed by atoms with Gasteiger partial charge in [0.1, 0.15) is 17.3 Å². The minimum absolute atomic E-state index is 0.0322. The molecule has 0 aliphatic heterocycles. The normalized spacial score (nSPS) is 46.4. The molecule has 4 fully saturated rings. The maximum Gasteiger partial charge on any atom is 0.305 e. The van der Waals surface area contributed by atoms with Crippen LogP contribution in [-0.2, 0) is 23.9 Å². The Morgan fingerprint density at radius 3 is 2.35 bits per heavy atom. The van der Waals surface area contributed by atoms with E-state index in [4.69, 9.17) is 4.74 Å². The van der Waals surface area contributed by atoms with Crippen molar-refractivity contribution < 1.29 is 29.0 Å². The number of fused-ring (bicyclic) bond motifs is 5. The van der Waals surface area contributed by atoms with Crippen LogP contribution in [0.5, 0.6) is 0 Å². The Hall–Kier alpha value is -1.56. The maximum absolute atomic E-state index is 14.0. The van der Waals surface area contributed by atoms with Gasteiger partial charge in [0.05, 0.1) is 13.2 Å². The number of carbonyl (C=O) groups is 4. The molecule has 4 rings (SSSR count). The van der Waals surface area contributed by atoms with E-state index in [2.05, 4.69) is 20.8 Å². The summed E-state index contributed by atoms with van der Waals surface area (Å²) < 4.78 is 4.81. The molecule has 190 valence electrons. The number of hydrogen-bond acceptors (Lipinski definition) is 6. The molecular formula is C28H42O6. The molecule has 34 heavy (non-hydrogen) atoms. The fraction of sp³-hybridized carbons (Fsp3) is 0.857. The van der Waals surface area contributed by atoms with Crippen molar-refractivity contribution in [3.63, 3.8) is 0 Å². The topological polar surface area (TPSA) is 97.7 Å². The predicted octanol–water partition coefficient (Wildman–Crippen LogP) is 4.16. The molecular weight excluding hydrogens is 432 g/mol. The van der Waals surface area contributed by atoms with E-state index in [9.17, 15) is 24.3 Å². The van der Waals surface area contributed by atoms with Gasteiger partial charge < -0.3 is 9.84 Å². The Balaban J connectivity index is 1.74. The molecule has 0 heterocycles. The molecule has 0 bridgehead atoms. The molecule has 4 aliphatic carbocycles. The molecule has 0 radical (unpaired) electrons. The molecule has 4 aliphatic rings. The van der Waals surface area contributed by atoms with Crippen LogP contribution in [0.3, 0.4) is 0 Å². The predicted molar refractivity (Wildman–Crippen MR) is 127 cm³/mol. The lowest BCUT2D eigenvalue weighted by Crippen LogP contribution is -2.68. The zero-order chi connectivity index (χ0) is 25.4. The Kier molecular flexibility index (Phi) is 5.99. The lowest BCUT2D eigenvalue weighted by atomic mass is 9.37. The first kappa shape index (κ1) is 25.5. The van der Waals surface area contributed by atoms with E-state index in [1.54, 1.807) is 0 Å². The van der Waals surface area contributed by atoms with Gasteiger partial charge in [-0.15, -0.1) is 0 Å². The minimum atomic E-state index is -0.716. The number of ether oxygens (including phenoxy) is 1. The minimum Gasteiger partial charge on any atom is -0.469 e.